The van der Waals surface area contributed by atoms with Crippen molar-refractivity contribution in [2.75, 3.05) is 0 Å². The molecule has 0 bridgehead atoms. The van der Waals surface area contributed by atoms with E-state index in [2.05, 4.69) is 9.97 Å². The molecule has 0 spiro atoms. The molecule has 2 heterocycles. The summed E-state index contributed by atoms with van der Waals surface area (Å²) in [4.78, 5) is 20.2. The molecule has 134 valence electrons. The van der Waals surface area contributed by atoms with E-state index in [-0.39, 0.29) is 16.8 Å². The van der Waals surface area contributed by atoms with Gasteiger partial charge >= 0.3 is 0 Å². The Kier molecular flexibility index (Phi) is 5.04. The highest BCUT2D eigenvalue weighted by atomic mass is 35.5. The lowest BCUT2D eigenvalue weighted by Crippen LogP contribution is -2.14. The minimum Gasteiger partial charge on any atom is -0.490 e. The molecule has 0 amide bonds. The molecule has 3 rings (SSSR count). The van der Waals surface area contributed by atoms with Crippen molar-refractivity contribution in [3.8, 4) is 28.3 Å². The quantitative estimate of drug-likeness (QED) is 0.646. The fourth-order valence-corrected chi connectivity index (χ4v) is 2.71. The zero-order chi connectivity index (χ0) is 18.8. The van der Waals surface area contributed by atoms with Crippen LogP contribution in [-0.4, -0.2) is 20.6 Å². The first-order chi connectivity index (χ1) is 12.3. The van der Waals surface area contributed by atoms with Gasteiger partial charge in [0.25, 0.3) is 0 Å². The Morgan fingerprint density at radius 2 is 1.96 bits per heavy atom. The van der Waals surface area contributed by atoms with E-state index in [1.807, 2.05) is 13.8 Å². The van der Waals surface area contributed by atoms with E-state index in [1.165, 1.54) is 22.8 Å². The number of halogens is 2. The summed E-state index contributed by atoms with van der Waals surface area (Å²) in [5, 5.41) is 0.212. The third kappa shape index (κ3) is 3.75. The molecule has 0 aliphatic heterocycles. The molecule has 1 aromatic carbocycles. The molecule has 7 heteroatoms. The van der Waals surface area contributed by atoms with Crippen LogP contribution in [0.25, 0.3) is 22.5 Å². The van der Waals surface area contributed by atoms with E-state index in [9.17, 15) is 9.18 Å². The number of ether oxygens (including phenoxy) is 1. The van der Waals surface area contributed by atoms with Crippen LogP contribution in [0.5, 0.6) is 5.75 Å². The van der Waals surface area contributed by atoms with Crippen LogP contribution in [0.15, 0.2) is 47.5 Å². The van der Waals surface area contributed by atoms with E-state index in [0.717, 1.165) is 0 Å². The Bertz CT molecular complexity index is 1020. The molecule has 0 N–H and O–H groups in total. The van der Waals surface area contributed by atoms with Gasteiger partial charge in [0.1, 0.15) is 16.7 Å². The van der Waals surface area contributed by atoms with Crippen LogP contribution in [0.1, 0.15) is 13.8 Å². The Hall–Kier alpha value is -2.73. The van der Waals surface area contributed by atoms with Crippen LogP contribution in [0, 0.1) is 5.82 Å². The van der Waals surface area contributed by atoms with Crippen LogP contribution >= 0.6 is 11.6 Å². The Morgan fingerprint density at radius 3 is 2.62 bits per heavy atom. The summed E-state index contributed by atoms with van der Waals surface area (Å²) < 4.78 is 20.7. The zero-order valence-corrected chi connectivity index (χ0v) is 15.3. The minimum atomic E-state index is -0.400. The van der Waals surface area contributed by atoms with Gasteiger partial charge in [-0.1, -0.05) is 11.6 Å². The molecule has 5 nitrogen and oxygen atoms in total. The van der Waals surface area contributed by atoms with Gasteiger partial charge in [-0.15, -0.1) is 0 Å². The fraction of sp³-hybridized carbons (Fsp3) is 0.211. The first-order valence-corrected chi connectivity index (χ1v) is 8.39. The summed E-state index contributed by atoms with van der Waals surface area (Å²) in [7, 11) is 1.65. The van der Waals surface area contributed by atoms with Gasteiger partial charge in [0.05, 0.1) is 6.10 Å². The Labute approximate surface area is 155 Å². The van der Waals surface area contributed by atoms with Gasteiger partial charge in [0.15, 0.2) is 5.82 Å². The highest BCUT2D eigenvalue weighted by Gasteiger charge is 2.15. The van der Waals surface area contributed by atoms with Crippen molar-refractivity contribution < 1.29 is 9.13 Å². The smallest absolute Gasteiger partial charge is 0.250 e. The maximum absolute atomic E-state index is 13.6. The van der Waals surface area contributed by atoms with Crippen molar-refractivity contribution in [2.45, 2.75) is 20.0 Å². The monoisotopic (exact) mass is 373 g/mol. The molecule has 0 radical (unpaired) electrons. The molecule has 0 saturated heterocycles. The lowest BCUT2D eigenvalue weighted by Gasteiger charge is -2.15. The van der Waals surface area contributed by atoms with Crippen molar-refractivity contribution in [2.24, 2.45) is 7.05 Å². The number of hydrogen-bond donors (Lipinski definition) is 0. The lowest BCUT2D eigenvalue weighted by atomic mass is 10.1. The van der Waals surface area contributed by atoms with Gasteiger partial charge in [-0.05, 0) is 32.0 Å². The van der Waals surface area contributed by atoms with Gasteiger partial charge in [-0.25, -0.2) is 14.4 Å². The van der Waals surface area contributed by atoms with E-state index in [1.54, 1.807) is 31.6 Å². The van der Waals surface area contributed by atoms with Crippen molar-refractivity contribution in [1.29, 1.82) is 0 Å². The van der Waals surface area contributed by atoms with Crippen molar-refractivity contribution in [1.82, 2.24) is 14.5 Å². The molecule has 0 aliphatic rings. The summed E-state index contributed by atoms with van der Waals surface area (Å²) in [6.45, 7) is 3.71. The Balaban J connectivity index is 2.05. The summed E-state index contributed by atoms with van der Waals surface area (Å²) in [6, 6.07) is 7.31. The molecule has 0 aliphatic carbocycles. The van der Waals surface area contributed by atoms with E-state index < -0.39 is 5.82 Å². The molecule has 0 saturated carbocycles. The molecule has 26 heavy (non-hydrogen) atoms. The first-order valence-electron chi connectivity index (χ1n) is 8.01. The predicted octanol–water partition coefficient (Wildman–Crippen LogP) is 4.09. The number of rotatable bonds is 4. The number of nitrogens with zero attached hydrogens (tertiary/aromatic N) is 3. The Morgan fingerprint density at radius 1 is 1.19 bits per heavy atom. The largest absolute Gasteiger partial charge is 0.490 e. The maximum Gasteiger partial charge on any atom is 0.250 e. The summed E-state index contributed by atoms with van der Waals surface area (Å²) in [5.74, 6) is 0.367. The number of aromatic nitrogens is 3. The maximum atomic E-state index is 13.6. The van der Waals surface area contributed by atoms with Crippen LogP contribution in [0.4, 0.5) is 4.39 Å². The van der Waals surface area contributed by atoms with Crippen molar-refractivity contribution in [3.63, 3.8) is 0 Å². The molecule has 0 fully saturated rings. The van der Waals surface area contributed by atoms with Crippen LogP contribution in [-0.2, 0) is 7.05 Å². The fourth-order valence-electron chi connectivity index (χ4n) is 2.48. The van der Waals surface area contributed by atoms with Crippen LogP contribution < -0.4 is 10.3 Å². The van der Waals surface area contributed by atoms with Crippen LogP contribution in [0.3, 0.4) is 0 Å². The molecular formula is C19H17ClFN3O2. The topological polar surface area (TPSA) is 57.0 Å². The molecule has 0 unspecified atom stereocenters. The average molecular weight is 374 g/mol. The predicted molar refractivity (Wildman–Crippen MR) is 98.9 cm³/mol. The number of pyridine rings is 1. The standard InChI is InChI=1S/C19H17ClFN3O2/c1-11(2)26-16-8-13(21)5-6-14(16)15-9-22-19(23-18(15)20)12-4-7-17(25)24(3)10-12/h4-11H,1-3H3. The van der Waals surface area contributed by atoms with Crippen molar-refractivity contribution >= 4 is 11.6 Å². The molecule has 0 atom stereocenters. The second-order valence-corrected chi connectivity index (χ2v) is 6.43. The second-order valence-electron chi connectivity index (χ2n) is 6.07. The third-order valence-electron chi connectivity index (χ3n) is 3.68. The van der Waals surface area contributed by atoms with Gasteiger partial charge in [0, 0.05) is 48.3 Å². The summed E-state index contributed by atoms with van der Waals surface area (Å²) in [5.41, 5.74) is 1.68. The van der Waals surface area contributed by atoms with Gasteiger partial charge < -0.3 is 9.30 Å². The minimum absolute atomic E-state index is 0.125. The second kappa shape index (κ2) is 7.25. The van der Waals surface area contributed by atoms with Gasteiger partial charge in [-0.2, -0.15) is 0 Å². The number of benzene rings is 1. The number of hydrogen-bond acceptors (Lipinski definition) is 4. The molecule has 2 aromatic heterocycles. The third-order valence-corrected chi connectivity index (χ3v) is 3.97. The first kappa shape index (κ1) is 18.1. The van der Waals surface area contributed by atoms with E-state index in [0.29, 0.717) is 28.3 Å². The summed E-state index contributed by atoms with van der Waals surface area (Å²) in [6.07, 6.45) is 3.08. The zero-order valence-electron chi connectivity index (χ0n) is 14.5. The van der Waals surface area contributed by atoms with Crippen LogP contribution in [0.2, 0.25) is 5.15 Å². The SMILES string of the molecule is CC(C)Oc1cc(F)ccc1-c1cnc(-c2ccc(=O)n(C)c2)nc1Cl. The van der Waals surface area contributed by atoms with Crippen molar-refractivity contribution in [3.05, 3.63) is 64.0 Å². The van der Waals surface area contributed by atoms with Gasteiger partial charge in [0.2, 0.25) is 5.56 Å². The van der Waals surface area contributed by atoms with E-state index >= 15 is 0 Å². The van der Waals surface area contributed by atoms with E-state index in [4.69, 9.17) is 16.3 Å². The number of aryl methyl sites for hydroxylation is 1. The summed E-state index contributed by atoms with van der Waals surface area (Å²) >= 11 is 6.36. The molecule has 3 aromatic rings. The van der Waals surface area contributed by atoms with Gasteiger partial charge in [-0.3, -0.25) is 4.79 Å². The average Bonchev–Trinajstić information content (AvgIpc) is 2.57. The highest BCUT2D eigenvalue weighted by Crippen LogP contribution is 2.35. The molecular weight excluding hydrogens is 357 g/mol. The highest BCUT2D eigenvalue weighted by molar-refractivity contribution is 6.32. The lowest BCUT2D eigenvalue weighted by molar-refractivity contribution is 0.242. The normalized spacial score (nSPS) is 11.0.